The molecule has 21 heavy (non-hydrogen) atoms. The van der Waals surface area contributed by atoms with Gasteiger partial charge in [0.05, 0.1) is 17.3 Å². The average Bonchev–Trinajstić information content (AvgIpc) is 2.40. The Morgan fingerprint density at radius 1 is 1.38 bits per heavy atom. The van der Waals surface area contributed by atoms with Crippen molar-refractivity contribution in [3.05, 3.63) is 28.3 Å². The molecule has 0 spiro atoms. The van der Waals surface area contributed by atoms with Crippen LogP contribution in [0.2, 0.25) is 0 Å². The molecule has 0 saturated carbocycles. The first-order valence-electron chi connectivity index (χ1n) is 6.67. The molecule has 7 nitrogen and oxygen atoms in total. The van der Waals surface area contributed by atoms with Crippen LogP contribution in [0.4, 0.5) is 11.4 Å². The fraction of sp³-hybridized carbons (Fsp3) is 0.538. The molecule has 118 valence electrons. The maximum atomic E-state index is 11.2. The monoisotopic (exact) mass is 316 g/mol. The number of nitrogens with zero attached hydrogens (tertiary/aromatic N) is 1. The van der Waals surface area contributed by atoms with Crippen molar-refractivity contribution in [3.63, 3.8) is 0 Å². The quantitative estimate of drug-likeness (QED) is 0.426. The van der Waals surface area contributed by atoms with Gasteiger partial charge in [0.25, 0.3) is 0 Å². The molecule has 0 aliphatic carbocycles. The van der Waals surface area contributed by atoms with E-state index in [1.165, 1.54) is 0 Å². The minimum absolute atomic E-state index is 0.0415. The molecule has 1 aromatic rings. The Morgan fingerprint density at radius 2 is 2.10 bits per heavy atom. The second kappa shape index (κ2) is 7.82. The highest BCUT2D eigenvalue weighted by Crippen LogP contribution is 2.34. The molecule has 0 unspecified atom stereocenters. The number of hydrogen-bond donors (Lipinski definition) is 1. The SMILES string of the molecule is CCCOc1cccc(NCCCS(C)(=O)=O)c1[N+](=O)[O-]. The van der Waals surface area contributed by atoms with Crippen LogP contribution >= 0.6 is 0 Å². The molecule has 8 heteroatoms. The summed E-state index contributed by atoms with van der Waals surface area (Å²) in [5.74, 6) is 0.259. The zero-order valence-corrected chi connectivity index (χ0v) is 13.0. The van der Waals surface area contributed by atoms with E-state index in [0.29, 0.717) is 25.3 Å². The van der Waals surface area contributed by atoms with E-state index in [9.17, 15) is 18.5 Å². The summed E-state index contributed by atoms with van der Waals surface area (Å²) in [6, 6.07) is 4.80. The number of benzene rings is 1. The van der Waals surface area contributed by atoms with E-state index >= 15 is 0 Å². The molecule has 0 heterocycles. The van der Waals surface area contributed by atoms with Gasteiger partial charge in [-0.2, -0.15) is 0 Å². The summed E-state index contributed by atoms with van der Waals surface area (Å²) in [5.41, 5.74) is 0.215. The van der Waals surface area contributed by atoms with Crippen LogP contribution in [0.3, 0.4) is 0 Å². The van der Waals surface area contributed by atoms with Gasteiger partial charge in [0.1, 0.15) is 15.5 Å². The normalized spacial score (nSPS) is 11.1. The topological polar surface area (TPSA) is 98.5 Å². The van der Waals surface area contributed by atoms with Crippen molar-refractivity contribution in [3.8, 4) is 5.75 Å². The summed E-state index contributed by atoms with van der Waals surface area (Å²) in [6.07, 6.45) is 2.30. The van der Waals surface area contributed by atoms with Crippen molar-refractivity contribution < 1.29 is 18.1 Å². The number of para-hydroxylation sites is 1. The first-order valence-corrected chi connectivity index (χ1v) is 8.73. The van der Waals surface area contributed by atoms with E-state index in [1.807, 2.05) is 6.92 Å². The molecular formula is C13H20N2O5S. The molecular weight excluding hydrogens is 296 g/mol. The molecule has 0 atom stereocenters. The van der Waals surface area contributed by atoms with Crippen LogP contribution in [-0.4, -0.2) is 38.5 Å². The van der Waals surface area contributed by atoms with E-state index < -0.39 is 14.8 Å². The van der Waals surface area contributed by atoms with Gasteiger partial charge >= 0.3 is 5.69 Å². The van der Waals surface area contributed by atoms with Gasteiger partial charge in [-0.15, -0.1) is 0 Å². The maximum Gasteiger partial charge on any atom is 0.333 e. The number of ether oxygens (including phenoxy) is 1. The van der Waals surface area contributed by atoms with Crippen molar-refractivity contribution in [2.24, 2.45) is 0 Å². The standard InChI is InChI=1S/C13H20N2O5S/c1-3-9-20-12-7-4-6-11(13(12)15(16)17)14-8-5-10-21(2,18)19/h4,6-7,14H,3,5,8-10H2,1-2H3. The third kappa shape index (κ3) is 5.99. The van der Waals surface area contributed by atoms with Gasteiger partial charge in [-0.25, -0.2) is 8.42 Å². The van der Waals surface area contributed by atoms with Gasteiger partial charge in [0.2, 0.25) is 0 Å². The van der Waals surface area contributed by atoms with Gasteiger partial charge in [-0.1, -0.05) is 13.0 Å². The zero-order valence-electron chi connectivity index (χ0n) is 12.2. The smallest absolute Gasteiger partial charge is 0.333 e. The fourth-order valence-corrected chi connectivity index (χ4v) is 2.41. The van der Waals surface area contributed by atoms with Crippen LogP contribution in [0.25, 0.3) is 0 Å². The Hall–Kier alpha value is -1.83. The Kier molecular flexibility index (Phi) is 6.41. The Balaban J connectivity index is 2.79. The van der Waals surface area contributed by atoms with Crippen LogP contribution in [0.15, 0.2) is 18.2 Å². The van der Waals surface area contributed by atoms with Crippen LogP contribution in [0, 0.1) is 10.1 Å². The number of rotatable bonds is 9. The van der Waals surface area contributed by atoms with Gasteiger partial charge < -0.3 is 10.1 Å². The molecule has 1 aromatic carbocycles. The van der Waals surface area contributed by atoms with Crippen LogP contribution in [-0.2, 0) is 9.84 Å². The molecule has 0 bridgehead atoms. The minimum Gasteiger partial charge on any atom is -0.487 e. The predicted molar refractivity (Wildman–Crippen MR) is 81.7 cm³/mol. The van der Waals surface area contributed by atoms with E-state index in [-0.39, 0.29) is 17.2 Å². The Morgan fingerprint density at radius 3 is 2.67 bits per heavy atom. The van der Waals surface area contributed by atoms with Crippen LogP contribution in [0.1, 0.15) is 19.8 Å². The third-order valence-corrected chi connectivity index (χ3v) is 3.68. The molecule has 1 rings (SSSR count). The summed E-state index contributed by atoms with van der Waals surface area (Å²) in [7, 11) is -3.02. The van der Waals surface area contributed by atoms with E-state index in [0.717, 1.165) is 12.7 Å². The Labute approximate surface area is 124 Å². The number of anilines is 1. The van der Waals surface area contributed by atoms with E-state index in [1.54, 1.807) is 18.2 Å². The van der Waals surface area contributed by atoms with Crippen molar-refractivity contribution in [2.75, 3.05) is 30.5 Å². The van der Waals surface area contributed by atoms with Crippen LogP contribution in [0.5, 0.6) is 5.75 Å². The number of nitro benzene ring substituents is 1. The number of hydrogen-bond acceptors (Lipinski definition) is 6. The molecule has 0 aromatic heterocycles. The summed E-state index contributed by atoms with van der Waals surface area (Å²) in [4.78, 5) is 10.7. The molecule has 0 fully saturated rings. The molecule has 0 aliphatic heterocycles. The van der Waals surface area contributed by atoms with E-state index in [4.69, 9.17) is 4.74 Å². The lowest BCUT2D eigenvalue weighted by molar-refractivity contribution is -0.385. The second-order valence-corrected chi connectivity index (χ2v) is 6.93. The molecule has 0 saturated heterocycles. The highest BCUT2D eigenvalue weighted by molar-refractivity contribution is 7.90. The fourth-order valence-electron chi connectivity index (χ4n) is 1.74. The minimum atomic E-state index is -3.02. The lowest BCUT2D eigenvalue weighted by Gasteiger charge is -2.10. The highest BCUT2D eigenvalue weighted by Gasteiger charge is 2.20. The van der Waals surface area contributed by atoms with Gasteiger partial charge in [-0.3, -0.25) is 10.1 Å². The average molecular weight is 316 g/mol. The van der Waals surface area contributed by atoms with Crippen LogP contribution < -0.4 is 10.1 Å². The maximum absolute atomic E-state index is 11.2. The summed E-state index contributed by atoms with van der Waals surface area (Å²) < 4.78 is 27.4. The lowest BCUT2D eigenvalue weighted by Crippen LogP contribution is -2.11. The Bertz CT molecular complexity index is 586. The third-order valence-electron chi connectivity index (χ3n) is 2.65. The van der Waals surface area contributed by atoms with Crippen molar-refractivity contribution in [1.29, 1.82) is 0 Å². The van der Waals surface area contributed by atoms with Gasteiger partial charge in [0, 0.05) is 12.8 Å². The molecule has 0 amide bonds. The largest absolute Gasteiger partial charge is 0.487 e. The van der Waals surface area contributed by atoms with Gasteiger partial charge in [0.15, 0.2) is 5.75 Å². The molecule has 0 aliphatic rings. The van der Waals surface area contributed by atoms with E-state index in [2.05, 4.69) is 5.32 Å². The number of sulfone groups is 1. The predicted octanol–water partition coefficient (Wildman–Crippen LogP) is 2.23. The molecule has 0 radical (unpaired) electrons. The van der Waals surface area contributed by atoms with Gasteiger partial charge in [-0.05, 0) is 25.0 Å². The summed E-state index contributed by atoms with van der Waals surface area (Å²) >= 11 is 0. The summed E-state index contributed by atoms with van der Waals surface area (Å²) in [5, 5.41) is 14.1. The number of nitro groups is 1. The number of nitrogens with one attached hydrogen (secondary N) is 1. The first kappa shape index (κ1) is 17.2. The van der Waals surface area contributed by atoms with Crippen molar-refractivity contribution >= 4 is 21.2 Å². The van der Waals surface area contributed by atoms with Crippen molar-refractivity contribution in [1.82, 2.24) is 0 Å². The van der Waals surface area contributed by atoms with Crippen molar-refractivity contribution in [2.45, 2.75) is 19.8 Å². The second-order valence-electron chi connectivity index (χ2n) is 4.67. The highest BCUT2D eigenvalue weighted by atomic mass is 32.2. The first-order chi connectivity index (χ1) is 9.85. The lowest BCUT2D eigenvalue weighted by atomic mass is 10.2. The molecule has 1 N–H and O–H groups in total. The summed E-state index contributed by atoms with van der Waals surface area (Å²) in [6.45, 7) is 2.66. The zero-order chi connectivity index (χ0) is 15.9.